The maximum absolute atomic E-state index is 10.2. The van der Waals surface area contributed by atoms with Crippen molar-refractivity contribution in [3.05, 3.63) is 0 Å². The first-order chi connectivity index (χ1) is 8.40. The van der Waals surface area contributed by atoms with Crippen LogP contribution < -0.4 is 10.6 Å². The van der Waals surface area contributed by atoms with E-state index in [9.17, 15) is 9.59 Å². The van der Waals surface area contributed by atoms with Gasteiger partial charge >= 0.3 is 11.9 Å². The van der Waals surface area contributed by atoms with E-state index >= 15 is 0 Å². The number of rotatable bonds is 2. The van der Waals surface area contributed by atoms with E-state index < -0.39 is 36.2 Å². The molecule has 2 unspecified atom stereocenters. The molecule has 0 saturated carbocycles. The summed E-state index contributed by atoms with van der Waals surface area (Å²) < 4.78 is 0. The van der Waals surface area contributed by atoms with Crippen molar-refractivity contribution < 1.29 is 30.0 Å². The zero-order valence-electron chi connectivity index (χ0n) is 9.74. The Morgan fingerprint density at radius 1 is 0.833 bits per heavy atom. The highest BCUT2D eigenvalue weighted by Gasteiger charge is 2.27. The first-order valence-corrected chi connectivity index (χ1v) is 5.68. The number of hydrogen-bond donors (Lipinski definition) is 6. The SMILES string of the molecule is O=C(O)[C@@H]1CC(O)CN1.O=C(O)[C@@H]1CC(O)CN1. The summed E-state index contributed by atoms with van der Waals surface area (Å²) in [7, 11) is 0. The minimum absolute atomic E-state index is 0.329. The molecule has 4 atom stereocenters. The maximum Gasteiger partial charge on any atom is 0.320 e. The van der Waals surface area contributed by atoms with E-state index in [1.165, 1.54) is 0 Å². The molecular weight excluding hydrogens is 244 g/mol. The number of carboxylic acids is 2. The fourth-order valence-corrected chi connectivity index (χ4v) is 1.81. The number of carboxylic acid groups (broad SMARTS) is 2. The summed E-state index contributed by atoms with van der Waals surface area (Å²) in [6.07, 6.45) is -0.304. The van der Waals surface area contributed by atoms with Crippen LogP contribution in [0.2, 0.25) is 0 Å². The molecule has 0 aromatic carbocycles. The number of hydrogen-bond acceptors (Lipinski definition) is 6. The average Bonchev–Trinajstić information content (AvgIpc) is 2.88. The van der Waals surface area contributed by atoms with Crippen LogP contribution in [0.1, 0.15) is 12.8 Å². The fourth-order valence-electron chi connectivity index (χ4n) is 1.81. The van der Waals surface area contributed by atoms with Gasteiger partial charge in [0.2, 0.25) is 0 Å². The van der Waals surface area contributed by atoms with Gasteiger partial charge in [0, 0.05) is 25.9 Å². The summed E-state index contributed by atoms with van der Waals surface area (Å²) in [6, 6.07) is -1.08. The van der Waals surface area contributed by atoms with Crippen molar-refractivity contribution in [2.24, 2.45) is 0 Å². The summed E-state index contributed by atoms with van der Waals surface area (Å²) in [5.41, 5.74) is 0. The molecule has 0 spiro atoms. The molecule has 104 valence electrons. The molecule has 6 N–H and O–H groups in total. The highest BCUT2D eigenvalue weighted by atomic mass is 16.4. The molecule has 0 aliphatic carbocycles. The van der Waals surface area contributed by atoms with Crippen LogP contribution in [0.4, 0.5) is 0 Å². The topological polar surface area (TPSA) is 139 Å². The Kier molecular flexibility index (Phi) is 5.48. The third-order valence-electron chi connectivity index (χ3n) is 2.81. The molecule has 2 fully saturated rings. The Morgan fingerprint density at radius 3 is 1.28 bits per heavy atom. The van der Waals surface area contributed by atoms with E-state index in [1.54, 1.807) is 0 Å². The van der Waals surface area contributed by atoms with Crippen LogP contribution in [0.25, 0.3) is 0 Å². The third-order valence-corrected chi connectivity index (χ3v) is 2.81. The summed E-state index contributed by atoms with van der Waals surface area (Å²) in [6.45, 7) is 0.800. The largest absolute Gasteiger partial charge is 0.480 e. The first kappa shape index (κ1) is 14.8. The predicted molar refractivity (Wildman–Crippen MR) is 60.1 cm³/mol. The Morgan fingerprint density at radius 2 is 1.17 bits per heavy atom. The van der Waals surface area contributed by atoms with Crippen molar-refractivity contribution in [2.75, 3.05) is 13.1 Å². The summed E-state index contributed by atoms with van der Waals surface area (Å²) >= 11 is 0. The zero-order chi connectivity index (χ0) is 13.7. The van der Waals surface area contributed by atoms with Crippen molar-refractivity contribution in [3.63, 3.8) is 0 Å². The van der Waals surface area contributed by atoms with Crippen LogP contribution in [0, 0.1) is 0 Å². The third kappa shape index (κ3) is 4.57. The van der Waals surface area contributed by atoms with Crippen molar-refractivity contribution >= 4 is 11.9 Å². The van der Waals surface area contributed by atoms with Gasteiger partial charge in [0.25, 0.3) is 0 Å². The highest BCUT2D eigenvalue weighted by molar-refractivity contribution is 5.74. The zero-order valence-corrected chi connectivity index (χ0v) is 9.74. The van der Waals surface area contributed by atoms with Gasteiger partial charge < -0.3 is 31.1 Å². The Hall–Kier alpha value is -1.22. The molecule has 0 aromatic heterocycles. The van der Waals surface area contributed by atoms with Gasteiger partial charge in [-0.25, -0.2) is 0 Å². The van der Waals surface area contributed by atoms with E-state index in [-0.39, 0.29) is 0 Å². The highest BCUT2D eigenvalue weighted by Crippen LogP contribution is 2.05. The number of aliphatic hydroxyl groups excluding tert-OH is 2. The molecule has 2 rings (SSSR count). The van der Waals surface area contributed by atoms with E-state index in [4.69, 9.17) is 20.4 Å². The molecule has 8 heteroatoms. The molecule has 2 heterocycles. The lowest BCUT2D eigenvalue weighted by Gasteiger charge is -1.99. The van der Waals surface area contributed by atoms with Gasteiger partial charge in [0.15, 0.2) is 0 Å². The molecule has 0 aromatic rings. The van der Waals surface area contributed by atoms with E-state index in [0.29, 0.717) is 25.9 Å². The number of aliphatic hydroxyl groups is 2. The Bertz CT molecular complexity index is 281. The molecule has 2 saturated heterocycles. The second-order valence-corrected chi connectivity index (χ2v) is 4.38. The van der Waals surface area contributed by atoms with Gasteiger partial charge in [0.1, 0.15) is 12.1 Å². The molecule has 2 aliphatic rings. The molecule has 0 bridgehead atoms. The first-order valence-electron chi connectivity index (χ1n) is 5.68. The van der Waals surface area contributed by atoms with Gasteiger partial charge in [-0.05, 0) is 0 Å². The van der Waals surface area contributed by atoms with Crippen LogP contribution in [0.15, 0.2) is 0 Å². The van der Waals surface area contributed by atoms with Crippen molar-refractivity contribution in [1.29, 1.82) is 0 Å². The summed E-state index contributed by atoms with van der Waals surface area (Å²) in [4.78, 5) is 20.3. The summed E-state index contributed by atoms with van der Waals surface area (Å²) in [5, 5.41) is 39.7. The quantitative estimate of drug-likeness (QED) is 0.323. The smallest absolute Gasteiger partial charge is 0.320 e. The van der Waals surface area contributed by atoms with Gasteiger partial charge in [-0.1, -0.05) is 0 Å². The van der Waals surface area contributed by atoms with Gasteiger partial charge in [0.05, 0.1) is 12.2 Å². The molecule has 8 nitrogen and oxygen atoms in total. The van der Waals surface area contributed by atoms with E-state index in [0.717, 1.165) is 0 Å². The van der Waals surface area contributed by atoms with Gasteiger partial charge in [-0.15, -0.1) is 0 Å². The normalized spacial score (nSPS) is 34.8. The monoisotopic (exact) mass is 262 g/mol. The van der Waals surface area contributed by atoms with E-state index in [2.05, 4.69) is 10.6 Å². The molecule has 18 heavy (non-hydrogen) atoms. The van der Waals surface area contributed by atoms with Crippen LogP contribution >= 0.6 is 0 Å². The standard InChI is InChI=1S/2C5H9NO3/c2*7-3-1-4(5(8)9)6-2-3/h2*3-4,6-7H,1-2H2,(H,8,9)/t2*3?,4-/m00/s1. The number of aliphatic carboxylic acids is 2. The Labute approximate surface area is 104 Å². The predicted octanol–water partition coefficient (Wildman–Crippen LogP) is -2.41. The number of nitrogens with one attached hydrogen (secondary N) is 2. The lowest BCUT2D eigenvalue weighted by Crippen LogP contribution is -2.29. The minimum atomic E-state index is -0.883. The lowest BCUT2D eigenvalue weighted by molar-refractivity contribution is -0.140. The van der Waals surface area contributed by atoms with E-state index in [1.807, 2.05) is 0 Å². The van der Waals surface area contributed by atoms with Crippen molar-refractivity contribution in [2.45, 2.75) is 37.1 Å². The maximum atomic E-state index is 10.2. The second kappa shape index (κ2) is 6.64. The molecular formula is C10H18N2O6. The minimum Gasteiger partial charge on any atom is -0.480 e. The Balaban J connectivity index is 0.000000180. The number of carbonyl (C=O) groups is 2. The van der Waals surface area contributed by atoms with Crippen LogP contribution in [-0.2, 0) is 9.59 Å². The van der Waals surface area contributed by atoms with Crippen molar-refractivity contribution in [3.8, 4) is 0 Å². The molecule has 0 radical (unpaired) electrons. The second-order valence-electron chi connectivity index (χ2n) is 4.38. The average molecular weight is 262 g/mol. The van der Waals surface area contributed by atoms with Crippen LogP contribution in [0.3, 0.4) is 0 Å². The van der Waals surface area contributed by atoms with Gasteiger partial charge in [-0.3, -0.25) is 9.59 Å². The van der Waals surface area contributed by atoms with Crippen LogP contribution in [-0.4, -0.2) is 69.7 Å². The van der Waals surface area contributed by atoms with Crippen molar-refractivity contribution in [1.82, 2.24) is 10.6 Å². The summed E-state index contributed by atoms with van der Waals surface area (Å²) in [5.74, 6) is -1.77. The molecule has 0 amide bonds. The molecule has 2 aliphatic heterocycles. The fraction of sp³-hybridized carbons (Fsp3) is 0.800. The van der Waals surface area contributed by atoms with Crippen LogP contribution in [0.5, 0.6) is 0 Å². The van der Waals surface area contributed by atoms with Gasteiger partial charge in [-0.2, -0.15) is 0 Å². The number of β-amino-alcohol motifs (C(OH)–C–C–N with tert-alkyl or cyclic N) is 2. The lowest BCUT2D eigenvalue weighted by atomic mass is 10.2.